The summed E-state index contributed by atoms with van der Waals surface area (Å²) in [6.45, 7) is 2.03. The molecule has 2 aromatic rings. The molecule has 0 fully saturated rings. The lowest BCUT2D eigenvalue weighted by Gasteiger charge is -2.23. The normalized spacial score (nSPS) is 14.4. The molecule has 5 heteroatoms. The lowest BCUT2D eigenvalue weighted by molar-refractivity contribution is 0.423. The SMILES string of the molecule is CCC(N)C(c1ccc(F)cc1)n1cc(Br)cn1. The Morgan fingerprint density at radius 3 is 2.56 bits per heavy atom. The number of rotatable bonds is 4. The molecule has 2 rings (SSSR count). The van der Waals surface area contributed by atoms with Gasteiger partial charge in [-0.1, -0.05) is 19.1 Å². The van der Waals surface area contributed by atoms with Crippen molar-refractivity contribution in [3.63, 3.8) is 0 Å². The highest BCUT2D eigenvalue weighted by Gasteiger charge is 2.21. The van der Waals surface area contributed by atoms with E-state index < -0.39 is 0 Å². The molecule has 1 aromatic carbocycles. The van der Waals surface area contributed by atoms with E-state index in [4.69, 9.17) is 5.73 Å². The van der Waals surface area contributed by atoms with Crippen molar-refractivity contribution in [2.24, 2.45) is 5.73 Å². The topological polar surface area (TPSA) is 43.8 Å². The van der Waals surface area contributed by atoms with Crippen molar-refractivity contribution >= 4 is 15.9 Å². The van der Waals surface area contributed by atoms with Crippen molar-refractivity contribution in [1.29, 1.82) is 0 Å². The van der Waals surface area contributed by atoms with Gasteiger partial charge in [0.2, 0.25) is 0 Å². The van der Waals surface area contributed by atoms with Crippen LogP contribution in [-0.4, -0.2) is 15.8 Å². The highest BCUT2D eigenvalue weighted by Crippen LogP contribution is 2.24. The maximum absolute atomic E-state index is 13.0. The minimum Gasteiger partial charge on any atom is -0.326 e. The number of nitrogens with two attached hydrogens (primary N) is 1. The maximum atomic E-state index is 13.0. The molecule has 2 unspecified atom stereocenters. The molecule has 3 nitrogen and oxygen atoms in total. The molecule has 0 aliphatic rings. The predicted molar refractivity (Wildman–Crippen MR) is 72.7 cm³/mol. The number of benzene rings is 1. The van der Waals surface area contributed by atoms with Crippen molar-refractivity contribution in [2.75, 3.05) is 0 Å². The maximum Gasteiger partial charge on any atom is 0.123 e. The van der Waals surface area contributed by atoms with Crippen LogP contribution in [0.5, 0.6) is 0 Å². The van der Waals surface area contributed by atoms with Gasteiger partial charge in [-0.15, -0.1) is 0 Å². The van der Waals surface area contributed by atoms with Crippen molar-refractivity contribution in [3.05, 3.63) is 52.5 Å². The van der Waals surface area contributed by atoms with Crippen molar-refractivity contribution in [3.8, 4) is 0 Å². The molecule has 0 spiro atoms. The average Bonchev–Trinajstić information content (AvgIpc) is 2.78. The monoisotopic (exact) mass is 311 g/mol. The molecular formula is C13H15BrFN3. The lowest BCUT2D eigenvalue weighted by atomic mass is 9.98. The van der Waals surface area contributed by atoms with E-state index in [9.17, 15) is 4.39 Å². The summed E-state index contributed by atoms with van der Waals surface area (Å²) in [5, 5.41) is 4.28. The molecule has 1 heterocycles. The van der Waals surface area contributed by atoms with Crippen molar-refractivity contribution in [1.82, 2.24) is 9.78 Å². The highest BCUT2D eigenvalue weighted by molar-refractivity contribution is 9.10. The summed E-state index contributed by atoms with van der Waals surface area (Å²) >= 11 is 3.37. The molecule has 1 aromatic heterocycles. The summed E-state index contributed by atoms with van der Waals surface area (Å²) in [5.41, 5.74) is 7.12. The largest absolute Gasteiger partial charge is 0.326 e. The molecule has 2 N–H and O–H groups in total. The van der Waals surface area contributed by atoms with E-state index in [1.165, 1.54) is 12.1 Å². The molecule has 2 atom stereocenters. The zero-order chi connectivity index (χ0) is 13.1. The molecule has 0 saturated heterocycles. The summed E-state index contributed by atoms with van der Waals surface area (Å²) in [4.78, 5) is 0. The third-order valence-electron chi connectivity index (χ3n) is 2.94. The Bertz CT molecular complexity index is 509. The number of aromatic nitrogens is 2. The fourth-order valence-electron chi connectivity index (χ4n) is 1.95. The van der Waals surface area contributed by atoms with Gasteiger partial charge in [0, 0.05) is 12.2 Å². The standard InChI is InChI=1S/C13H15BrFN3/c1-2-12(16)13(18-8-10(14)7-17-18)9-3-5-11(15)6-4-9/h3-8,12-13H,2,16H2,1H3. The molecular weight excluding hydrogens is 297 g/mol. The fourth-order valence-corrected chi connectivity index (χ4v) is 2.25. The first kappa shape index (κ1) is 13.2. The Morgan fingerprint density at radius 1 is 1.39 bits per heavy atom. The first-order valence-corrected chi connectivity index (χ1v) is 6.61. The van der Waals surface area contributed by atoms with Gasteiger partial charge in [0.05, 0.1) is 16.7 Å². The lowest BCUT2D eigenvalue weighted by Crippen LogP contribution is -2.32. The Morgan fingerprint density at radius 2 is 2.06 bits per heavy atom. The van der Waals surface area contributed by atoms with Gasteiger partial charge in [0.1, 0.15) is 5.82 Å². The molecule has 0 aliphatic carbocycles. The summed E-state index contributed by atoms with van der Waals surface area (Å²) in [6.07, 6.45) is 4.42. The van der Waals surface area contributed by atoms with Crippen LogP contribution in [0.3, 0.4) is 0 Å². The Kier molecular flexibility index (Phi) is 4.14. The number of nitrogens with zero attached hydrogens (tertiary/aromatic N) is 2. The quantitative estimate of drug-likeness (QED) is 0.943. The second-order valence-corrected chi connectivity index (χ2v) is 5.12. The van der Waals surface area contributed by atoms with Gasteiger partial charge in [0.25, 0.3) is 0 Å². The summed E-state index contributed by atoms with van der Waals surface area (Å²) < 4.78 is 15.7. The van der Waals surface area contributed by atoms with Gasteiger partial charge in [-0.25, -0.2) is 4.39 Å². The van der Waals surface area contributed by atoms with E-state index in [2.05, 4.69) is 21.0 Å². The van der Waals surface area contributed by atoms with Crippen LogP contribution < -0.4 is 5.73 Å². The van der Waals surface area contributed by atoms with E-state index >= 15 is 0 Å². The minimum absolute atomic E-state index is 0.0674. The van der Waals surface area contributed by atoms with Crippen LogP contribution >= 0.6 is 15.9 Å². The second-order valence-electron chi connectivity index (χ2n) is 4.21. The van der Waals surface area contributed by atoms with E-state index in [1.54, 1.807) is 18.3 Å². The molecule has 96 valence electrons. The third-order valence-corrected chi connectivity index (χ3v) is 3.35. The predicted octanol–water partition coefficient (Wildman–Crippen LogP) is 3.11. The molecule has 0 saturated carbocycles. The first-order chi connectivity index (χ1) is 8.61. The summed E-state index contributed by atoms with van der Waals surface area (Å²) in [7, 11) is 0. The highest BCUT2D eigenvalue weighted by atomic mass is 79.9. The number of hydrogen-bond donors (Lipinski definition) is 1. The van der Waals surface area contributed by atoms with E-state index in [0.29, 0.717) is 0 Å². The third kappa shape index (κ3) is 2.79. The van der Waals surface area contributed by atoms with Crippen LogP contribution in [0.2, 0.25) is 0 Å². The molecule has 0 aliphatic heterocycles. The molecule has 18 heavy (non-hydrogen) atoms. The van der Waals surface area contributed by atoms with Crippen LogP contribution in [0.1, 0.15) is 24.9 Å². The van der Waals surface area contributed by atoms with E-state index in [-0.39, 0.29) is 17.9 Å². The van der Waals surface area contributed by atoms with Crippen LogP contribution in [0.4, 0.5) is 4.39 Å². The zero-order valence-corrected chi connectivity index (χ0v) is 11.6. The second kappa shape index (κ2) is 5.63. The fraction of sp³-hybridized carbons (Fsp3) is 0.308. The summed E-state index contributed by atoms with van der Waals surface area (Å²) in [6, 6.07) is 6.26. The zero-order valence-electron chi connectivity index (χ0n) is 10.1. The summed E-state index contributed by atoms with van der Waals surface area (Å²) in [5.74, 6) is -0.246. The van der Waals surface area contributed by atoms with Gasteiger partial charge >= 0.3 is 0 Å². The van der Waals surface area contributed by atoms with Crippen LogP contribution in [0.25, 0.3) is 0 Å². The Balaban J connectivity index is 2.39. The van der Waals surface area contributed by atoms with Crippen LogP contribution in [0, 0.1) is 5.82 Å². The van der Waals surface area contributed by atoms with Gasteiger partial charge in [-0.3, -0.25) is 4.68 Å². The molecule has 0 radical (unpaired) electrons. The van der Waals surface area contributed by atoms with Gasteiger partial charge < -0.3 is 5.73 Å². The first-order valence-electron chi connectivity index (χ1n) is 5.82. The number of hydrogen-bond acceptors (Lipinski definition) is 2. The van der Waals surface area contributed by atoms with Crippen LogP contribution in [0.15, 0.2) is 41.1 Å². The smallest absolute Gasteiger partial charge is 0.123 e. The van der Waals surface area contributed by atoms with Gasteiger partial charge in [0.15, 0.2) is 0 Å². The van der Waals surface area contributed by atoms with Gasteiger partial charge in [-0.05, 0) is 40.0 Å². The van der Waals surface area contributed by atoms with Crippen LogP contribution in [-0.2, 0) is 0 Å². The van der Waals surface area contributed by atoms with E-state index in [0.717, 1.165) is 16.5 Å². The minimum atomic E-state index is -0.246. The van der Waals surface area contributed by atoms with Crippen molar-refractivity contribution in [2.45, 2.75) is 25.4 Å². The van der Waals surface area contributed by atoms with Crippen molar-refractivity contribution < 1.29 is 4.39 Å². The van der Waals surface area contributed by atoms with Gasteiger partial charge in [-0.2, -0.15) is 5.10 Å². The Labute approximate surface area is 114 Å². The molecule has 0 amide bonds. The van der Waals surface area contributed by atoms with E-state index in [1.807, 2.05) is 17.8 Å². The Hall–Kier alpha value is -1.20. The molecule has 0 bridgehead atoms. The number of halogens is 2. The average molecular weight is 312 g/mol.